The van der Waals surface area contributed by atoms with Gasteiger partial charge in [-0.3, -0.25) is 5.10 Å². The average Bonchev–Trinajstić information content (AvgIpc) is 3.10. The molecule has 4 heterocycles. The summed E-state index contributed by atoms with van der Waals surface area (Å²) >= 11 is 0. The minimum atomic E-state index is 0.0113. The maximum absolute atomic E-state index is 12.2. The van der Waals surface area contributed by atoms with E-state index < -0.39 is 0 Å². The molecular formula is C17H20N6O. The first-order valence-electron chi connectivity index (χ1n) is 8.37. The second kappa shape index (κ2) is 6.07. The molecule has 0 radical (unpaired) electrons. The van der Waals surface area contributed by atoms with Crippen molar-refractivity contribution in [1.29, 1.82) is 0 Å². The Hall–Kier alpha value is -2.70. The number of pyridine rings is 1. The molecule has 1 aliphatic heterocycles. The van der Waals surface area contributed by atoms with Crippen LogP contribution < -0.4 is 5.32 Å². The molecule has 1 unspecified atom stereocenters. The van der Waals surface area contributed by atoms with Crippen LogP contribution in [0.4, 0.5) is 4.79 Å². The van der Waals surface area contributed by atoms with Gasteiger partial charge < -0.3 is 10.2 Å². The lowest BCUT2D eigenvalue weighted by atomic mass is 9.91. The largest absolute Gasteiger partial charge is 0.338 e. The van der Waals surface area contributed by atoms with Gasteiger partial charge in [0.25, 0.3) is 0 Å². The maximum Gasteiger partial charge on any atom is 0.317 e. The predicted molar refractivity (Wildman–Crippen MR) is 91.8 cm³/mol. The number of carbonyl (C=O) groups is 1. The van der Waals surface area contributed by atoms with Crippen LogP contribution in [0, 0.1) is 0 Å². The zero-order valence-electron chi connectivity index (χ0n) is 13.6. The highest BCUT2D eigenvalue weighted by Gasteiger charge is 2.27. The van der Waals surface area contributed by atoms with Gasteiger partial charge in [0.15, 0.2) is 5.65 Å². The second-order valence-electron chi connectivity index (χ2n) is 6.17. The predicted octanol–water partition coefficient (Wildman–Crippen LogP) is 2.42. The van der Waals surface area contributed by atoms with Crippen LogP contribution in [0.3, 0.4) is 0 Å². The molecule has 124 valence electrons. The van der Waals surface area contributed by atoms with Gasteiger partial charge in [-0.1, -0.05) is 0 Å². The quantitative estimate of drug-likeness (QED) is 0.758. The molecule has 7 heteroatoms. The lowest BCUT2D eigenvalue weighted by Crippen LogP contribution is -2.45. The summed E-state index contributed by atoms with van der Waals surface area (Å²) in [7, 11) is 0. The number of urea groups is 1. The summed E-state index contributed by atoms with van der Waals surface area (Å²) in [5, 5.41) is 13.5. The number of piperidine rings is 1. The van der Waals surface area contributed by atoms with Crippen LogP contribution in [0.2, 0.25) is 0 Å². The number of carbonyl (C=O) groups excluding carboxylic acids is 1. The first-order chi connectivity index (χ1) is 11.8. The Kier molecular flexibility index (Phi) is 3.76. The van der Waals surface area contributed by atoms with Gasteiger partial charge in [0, 0.05) is 59.8 Å². The zero-order chi connectivity index (χ0) is 16.5. The van der Waals surface area contributed by atoms with Crippen LogP contribution in [0.1, 0.15) is 31.4 Å². The second-order valence-corrected chi connectivity index (χ2v) is 6.17. The van der Waals surface area contributed by atoms with Crippen molar-refractivity contribution >= 4 is 27.8 Å². The molecule has 7 nitrogen and oxygen atoms in total. The van der Waals surface area contributed by atoms with Crippen LogP contribution in [-0.2, 0) is 0 Å². The molecule has 1 saturated heterocycles. The number of hydrogen-bond acceptors (Lipinski definition) is 4. The molecule has 0 saturated carbocycles. The van der Waals surface area contributed by atoms with Gasteiger partial charge in [-0.05, 0) is 25.8 Å². The fraction of sp³-hybridized carbons (Fsp3) is 0.412. The molecule has 2 N–H and O–H groups in total. The fourth-order valence-electron chi connectivity index (χ4n) is 3.56. The number of nitrogens with one attached hydrogen (secondary N) is 2. The van der Waals surface area contributed by atoms with Crippen LogP contribution in [0.5, 0.6) is 0 Å². The first kappa shape index (κ1) is 14.9. The molecular weight excluding hydrogens is 304 g/mol. The smallest absolute Gasteiger partial charge is 0.317 e. The highest BCUT2D eigenvalue weighted by molar-refractivity contribution is 6.05. The standard InChI is InChI=1S/C17H20N6O/c1-2-18-17(24)23-7-3-4-11(10-23)15-14-12(9-21-22-15)8-20-16-13(14)5-6-19-16/h5-6,8-9,11,22H,2-4,7,10H2,1H3,(H,18,24). The Morgan fingerprint density at radius 1 is 1.42 bits per heavy atom. The third kappa shape index (κ3) is 2.46. The summed E-state index contributed by atoms with van der Waals surface area (Å²) in [6.07, 6.45) is 7.41. The summed E-state index contributed by atoms with van der Waals surface area (Å²) in [5.74, 6) is 0.234. The molecule has 0 aromatic carbocycles. The van der Waals surface area contributed by atoms with Gasteiger partial charge in [0.2, 0.25) is 0 Å². The van der Waals surface area contributed by atoms with Crippen LogP contribution in [-0.4, -0.2) is 50.7 Å². The van der Waals surface area contributed by atoms with Crippen molar-refractivity contribution in [1.82, 2.24) is 30.4 Å². The van der Waals surface area contributed by atoms with E-state index in [1.54, 1.807) is 12.4 Å². The molecule has 3 aromatic rings. The lowest BCUT2D eigenvalue weighted by Gasteiger charge is -2.33. The van der Waals surface area contributed by atoms with Gasteiger partial charge in [-0.25, -0.2) is 14.8 Å². The van der Waals surface area contributed by atoms with E-state index in [2.05, 4.69) is 25.5 Å². The number of aromatic nitrogens is 4. The number of likely N-dealkylation sites (tertiary alicyclic amines) is 1. The molecule has 2 amide bonds. The van der Waals surface area contributed by atoms with Crippen molar-refractivity contribution in [3.63, 3.8) is 0 Å². The molecule has 1 atom stereocenters. The highest BCUT2D eigenvalue weighted by Crippen LogP contribution is 2.33. The molecule has 0 aliphatic carbocycles. The molecule has 3 aromatic heterocycles. The number of rotatable bonds is 2. The zero-order valence-corrected chi connectivity index (χ0v) is 13.6. The van der Waals surface area contributed by atoms with Gasteiger partial charge >= 0.3 is 6.03 Å². The number of hydrogen-bond donors (Lipinski definition) is 2. The first-order valence-corrected chi connectivity index (χ1v) is 8.37. The van der Waals surface area contributed by atoms with E-state index in [1.165, 1.54) is 0 Å². The van der Waals surface area contributed by atoms with Gasteiger partial charge in [0.1, 0.15) is 0 Å². The molecule has 1 aliphatic rings. The van der Waals surface area contributed by atoms with E-state index in [-0.39, 0.29) is 11.9 Å². The fourth-order valence-corrected chi connectivity index (χ4v) is 3.56. The summed E-state index contributed by atoms with van der Waals surface area (Å²) < 4.78 is 0. The molecule has 0 spiro atoms. The van der Waals surface area contributed by atoms with Crippen molar-refractivity contribution in [2.75, 3.05) is 19.6 Å². The minimum Gasteiger partial charge on any atom is -0.338 e. The van der Waals surface area contributed by atoms with Crippen LogP contribution >= 0.6 is 0 Å². The number of nitrogens with zero attached hydrogens (tertiary/aromatic N) is 4. The Labute approximate surface area is 139 Å². The monoisotopic (exact) mass is 324 g/mol. The number of amides is 2. The Balaban J connectivity index is 1.75. The maximum atomic E-state index is 12.2. The number of aromatic amines is 1. The van der Waals surface area contributed by atoms with E-state index in [1.807, 2.05) is 24.1 Å². The Morgan fingerprint density at radius 2 is 2.33 bits per heavy atom. The molecule has 24 heavy (non-hydrogen) atoms. The summed E-state index contributed by atoms with van der Waals surface area (Å²) in [5.41, 5.74) is 1.82. The van der Waals surface area contributed by atoms with E-state index in [4.69, 9.17) is 0 Å². The van der Waals surface area contributed by atoms with Crippen molar-refractivity contribution in [3.05, 3.63) is 30.4 Å². The minimum absolute atomic E-state index is 0.0113. The highest BCUT2D eigenvalue weighted by atomic mass is 16.2. The summed E-state index contributed by atoms with van der Waals surface area (Å²) in [6, 6.07) is 2.00. The van der Waals surface area contributed by atoms with Crippen molar-refractivity contribution < 1.29 is 4.79 Å². The molecule has 1 fully saturated rings. The lowest BCUT2D eigenvalue weighted by molar-refractivity contribution is 0.179. The van der Waals surface area contributed by atoms with Crippen molar-refractivity contribution in [2.45, 2.75) is 25.7 Å². The third-order valence-electron chi connectivity index (χ3n) is 4.67. The van der Waals surface area contributed by atoms with E-state index in [0.717, 1.165) is 46.9 Å². The normalized spacial score (nSPS) is 18.2. The number of fused-ring (bicyclic) bond motifs is 3. The van der Waals surface area contributed by atoms with Crippen LogP contribution in [0.25, 0.3) is 21.8 Å². The number of H-pyrrole nitrogens is 1. The van der Waals surface area contributed by atoms with E-state index in [9.17, 15) is 4.79 Å². The SMILES string of the molecule is CCNC(=O)N1CCCC(c2[nH]ncc3cnc4nccc4c23)C1. The van der Waals surface area contributed by atoms with Gasteiger partial charge in [-0.2, -0.15) is 5.10 Å². The van der Waals surface area contributed by atoms with E-state index in [0.29, 0.717) is 13.1 Å². The third-order valence-corrected chi connectivity index (χ3v) is 4.67. The summed E-state index contributed by atoms with van der Waals surface area (Å²) in [4.78, 5) is 22.8. The average molecular weight is 324 g/mol. The van der Waals surface area contributed by atoms with Gasteiger partial charge in [-0.15, -0.1) is 0 Å². The van der Waals surface area contributed by atoms with Crippen LogP contribution in [0.15, 0.2) is 24.7 Å². The van der Waals surface area contributed by atoms with Gasteiger partial charge in [0.05, 0.1) is 6.20 Å². The topological polar surface area (TPSA) is 86.8 Å². The van der Waals surface area contributed by atoms with E-state index >= 15 is 0 Å². The summed E-state index contributed by atoms with van der Waals surface area (Å²) in [6.45, 7) is 4.08. The van der Waals surface area contributed by atoms with Crippen molar-refractivity contribution in [2.24, 2.45) is 0 Å². The van der Waals surface area contributed by atoms with Crippen molar-refractivity contribution in [3.8, 4) is 0 Å². The Morgan fingerprint density at radius 3 is 3.21 bits per heavy atom. The Bertz CT molecular complexity index is 889. The molecule has 0 bridgehead atoms. The molecule has 4 rings (SSSR count).